The molecule has 1 unspecified atom stereocenters. The van der Waals surface area contributed by atoms with E-state index in [4.69, 9.17) is 26.9 Å². The number of benzene rings is 1. The standard InChI is InChI=1S/C11H17ClN2O2/c1-15-6-5-10(14-13)8-3-4-9(12)11(7-8)16-2/h3-4,7,10,14H,5-6,13H2,1-2H3. The molecule has 0 aromatic heterocycles. The third kappa shape index (κ3) is 3.35. The topological polar surface area (TPSA) is 56.5 Å². The number of halogens is 1. The number of nitrogens with two attached hydrogens (primary N) is 1. The molecule has 1 atom stereocenters. The van der Waals surface area contributed by atoms with E-state index in [-0.39, 0.29) is 6.04 Å². The smallest absolute Gasteiger partial charge is 0.137 e. The third-order valence-electron chi connectivity index (χ3n) is 2.39. The average Bonchev–Trinajstić information content (AvgIpc) is 2.32. The molecule has 0 aliphatic rings. The lowest BCUT2D eigenvalue weighted by Crippen LogP contribution is -2.28. The van der Waals surface area contributed by atoms with Crippen LogP contribution in [0.25, 0.3) is 0 Å². The SMILES string of the molecule is COCCC(NN)c1ccc(Cl)c(OC)c1. The van der Waals surface area contributed by atoms with Crippen LogP contribution in [0.2, 0.25) is 5.02 Å². The van der Waals surface area contributed by atoms with Gasteiger partial charge < -0.3 is 9.47 Å². The summed E-state index contributed by atoms with van der Waals surface area (Å²) in [7, 11) is 3.25. The van der Waals surface area contributed by atoms with Crippen molar-refractivity contribution in [3.05, 3.63) is 28.8 Å². The molecule has 5 heteroatoms. The molecule has 16 heavy (non-hydrogen) atoms. The molecule has 1 aromatic carbocycles. The molecule has 90 valence electrons. The molecule has 0 heterocycles. The summed E-state index contributed by atoms with van der Waals surface area (Å²) in [6.07, 6.45) is 0.789. The largest absolute Gasteiger partial charge is 0.495 e. The summed E-state index contributed by atoms with van der Waals surface area (Å²) in [5.74, 6) is 6.15. The van der Waals surface area contributed by atoms with Gasteiger partial charge in [-0.15, -0.1) is 0 Å². The van der Waals surface area contributed by atoms with Crippen LogP contribution in [0.4, 0.5) is 0 Å². The number of ether oxygens (including phenoxy) is 2. The zero-order chi connectivity index (χ0) is 12.0. The molecular weight excluding hydrogens is 228 g/mol. The maximum Gasteiger partial charge on any atom is 0.137 e. The first kappa shape index (κ1) is 13.3. The first-order chi connectivity index (χ1) is 7.72. The Labute approximate surface area is 101 Å². The van der Waals surface area contributed by atoms with E-state index in [1.807, 2.05) is 12.1 Å². The van der Waals surface area contributed by atoms with E-state index in [0.717, 1.165) is 12.0 Å². The van der Waals surface area contributed by atoms with E-state index >= 15 is 0 Å². The second-order valence-corrected chi connectivity index (χ2v) is 3.80. The zero-order valence-electron chi connectivity index (χ0n) is 9.50. The maximum atomic E-state index is 5.95. The van der Waals surface area contributed by atoms with Gasteiger partial charge in [0, 0.05) is 19.8 Å². The van der Waals surface area contributed by atoms with Crippen LogP contribution in [0.3, 0.4) is 0 Å². The molecule has 0 saturated heterocycles. The number of methoxy groups -OCH3 is 2. The lowest BCUT2D eigenvalue weighted by atomic mass is 10.0. The zero-order valence-corrected chi connectivity index (χ0v) is 10.3. The van der Waals surface area contributed by atoms with Crippen molar-refractivity contribution in [3.63, 3.8) is 0 Å². The number of rotatable bonds is 6. The molecule has 0 amide bonds. The minimum absolute atomic E-state index is 0.0334. The lowest BCUT2D eigenvalue weighted by molar-refractivity contribution is 0.183. The van der Waals surface area contributed by atoms with Crippen molar-refractivity contribution in [1.29, 1.82) is 0 Å². The molecular formula is C11H17ClN2O2. The van der Waals surface area contributed by atoms with E-state index < -0.39 is 0 Å². The van der Waals surface area contributed by atoms with Crippen LogP contribution in [0, 0.1) is 0 Å². The van der Waals surface area contributed by atoms with Crippen molar-refractivity contribution in [2.24, 2.45) is 5.84 Å². The minimum Gasteiger partial charge on any atom is -0.495 e. The molecule has 4 nitrogen and oxygen atoms in total. The summed E-state index contributed by atoms with van der Waals surface area (Å²) in [5.41, 5.74) is 3.77. The summed E-state index contributed by atoms with van der Waals surface area (Å²) >= 11 is 5.95. The van der Waals surface area contributed by atoms with Crippen molar-refractivity contribution in [1.82, 2.24) is 5.43 Å². The van der Waals surface area contributed by atoms with Crippen LogP contribution in [0.1, 0.15) is 18.0 Å². The number of hydrazine groups is 1. The van der Waals surface area contributed by atoms with Crippen molar-refractivity contribution < 1.29 is 9.47 Å². The number of hydrogen-bond donors (Lipinski definition) is 2. The summed E-state index contributed by atoms with van der Waals surface area (Å²) in [6, 6.07) is 5.63. The van der Waals surface area contributed by atoms with E-state index in [1.165, 1.54) is 0 Å². The second kappa shape index (κ2) is 6.70. The molecule has 0 spiro atoms. The normalized spacial score (nSPS) is 12.5. The van der Waals surface area contributed by atoms with Gasteiger partial charge in [0.25, 0.3) is 0 Å². The maximum absolute atomic E-state index is 5.95. The van der Waals surface area contributed by atoms with Gasteiger partial charge in [-0.2, -0.15) is 0 Å². The molecule has 0 bridgehead atoms. The van der Waals surface area contributed by atoms with Gasteiger partial charge in [0.05, 0.1) is 12.1 Å². The highest BCUT2D eigenvalue weighted by atomic mass is 35.5. The predicted molar refractivity (Wildman–Crippen MR) is 64.6 cm³/mol. The van der Waals surface area contributed by atoms with Gasteiger partial charge in [-0.1, -0.05) is 17.7 Å². The van der Waals surface area contributed by atoms with Crippen molar-refractivity contribution in [2.45, 2.75) is 12.5 Å². The van der Waals surface area contributed by atoms with Crippen molar-refractivity contribution in [2.75, 3.05) is 20.8 Å². The molecule has 1 aromatic rings. The summed E-state index contributed by atoms with van der Waals surface area (Å²) in [6.45, 7) is 0.639. The van der Waals surface area contributed by atoms with Crippen LogP contribution in [0.5, 0.6) is 5.75 Å². The summed E-state index contributed by atoms with van der Waals surface area (Å²) in [5, 5.41) is 0.591. The van der Waals surface area contributed by atoms with Crippen molar-refractivity contribution >= 4 is 11.6 Å². The first-order valence-corrected chi connectivity index (χ1v) is 5.39. The minimum atomic E-state index is 0.0334. The summed E-state index contributed by atoms with van der Waals surface area (Å²) in [4.78, 5) is 0. The fourth-order valence-corrected chi connectivity index (χ4v) is 1.67. The molecule has 1 rings (SSSR count). The number of nitrogens with one attached hydrogen (secondary N) is 1. The third-order valence-corrected chi connectivity index (χ3v) is 2.70. The van der Waals surface area contributed by atoms with Crippen LogP contribution < -0.4 is 16.0 Å². The molecule has 0 fully saturated rings. The van der Waals surface area contributed by atoms with Crippen LogP contribution >= 0.6 is 11.6 Å². The Balaban J connectivity index is 2.83. The molecule has 0 aliphatic carbocycles. The van der Waals surface area contributed by atoms with E-state index in [2.05, 4.69) is 5.43 Å². The van der Waals surface area contributed by atoms with E-state index in [1.54, 1.807) is 20.3 Å². The van der Waals surface area contributed by atoms with Crippen LogP contribution in [0.15, 0.2) is 18.2 Å². The fourth-order valence-electron chi connectivity index (χ4n) is 1.48. The highest BCUT2D eigenvalue weighted by Gasteiger charge is 2.11. The fraction of sp³-hybridized carbons (Fsp3) is 0.455. The molecule has 3 N–H and O–H groups in total. The molecule has 0 saturated carbocycles. The van der Waals surface area contributed by atoms with Gasteiger partial charge in [-0.25, -0.2) is 0 Å². The van der Waals surface area contributed by atoms with Crippen LogP contribution in [-0.4, -0.2) is 20.8 Å². The average molecular weight is 245 g/mol. The van der Waals surface area contributed by atoms with Gasteiger partial charge >= 0.3 is 0 Å². The van der Waals surface area contributed by atoms with Crippen LogP contribution in [-0.2, 0) is 4.74 Å². The predicted octanol–water partition coefficient (Wildman–Crippen LogP) is 1.89. The number of hydrogen-bond acceptors (Lipinski definition) is 4. The second-order valence-electron chi connectivity index (χ2n) is 3.39. The van der Waals surface area contributed by atoms with Crippen molar-refractivity contribution in [3.8, 4) is 5.75 Å². The highest BCUT2D eigenvalue weighted by Crippen LogP contribution is 2.28. The molecule has 0 aliphatic heterocycles. The highest BCUT2D eigenvalue weighted by molar-refractivity contribution is 6.32. The Morgan fingerprint density at radius 2 is 2.19 bits per heavy atom. The van der Waals surface area contributed by atoms with E-state index in [0.29, 0.717) is 17.4 Å². The van der Waals surface area contributed by atoms with Gasteiger partial charge in [0.15, 0.2) is 0 Å². The Morgan fingerprint density at radius 3 is 2.75 bits per heavy atom. The molecule has 0 radical (unpaired) electrons. The van der Waals surface area contributed by atoms with Gasteiger partial charge in [-0.05, 0) is 24.1 Å². The Bertz CT molecular complexity index is 334. The lowest BCUT2D eigenvalue weighted by Gasteiger charge is -2.17. The van der Waals surface area contributed by atoms with E-state index in [9.17, 15) is 0 Å². The monoisotopic (exact) mass is 244 g/mol. The van der Waals surface area contributed by atoms with Gasteiger partial charge in [0.2, 0.25) is 0 Å². The first-order valence-electron chi connectivity index (χ1n) is 5.01. The Hall–Kier alpha value is -0.810. The quantitative estimate of drug-likeness (QED) is 0.593. The Kier molecular flexibility index (Phi) is 5.55. The van der Waals surface area contributed by atoms with Gasteiger partial charge in [-0.3, -0.25) is 11.3 Å². The Morgan fingerprint density at radius 1 is 1.44 bits per heavy atom. The van der Waals surface area contributed by atoms with Gasteiger partial charge in [0.1, 0.15) is 5.75 Å². The summed E-state index contributed by atoms with van der Waals surface area (Å²) < 4.78 is 10.2.